The number of aromatic nitrogens is 2. The van der Waals surface area contributed by atoms with Crippen molar-refractivity contribution in [3.05, 3.63) is 155 Å². The molecule has 0 amide bonds. The van der Waals surface area contributed by atoms with Crippen LogP contribution in [-0.4, -0.2) is 9.97 Å². The van der Waals surface area contributed by atoms with Crippen LogP contribution in [0.1, 0.15) is 22.3 Å². The van der Waals surface area contributed by atoms with Gasteiger partial charge in [-0.1, -0.05) is 96.5 Å². The molecule has 5 aromatic carbocycles. The molecular formula is C37H21ClN2O. The standard InChI is InChI=1S/C37H21ClN2O/c38-24-16-13-22(14-17-24)35-40-34-20-19-33(39-36(34)41-35)23-15-18-28-27-9-3-6-12-31(27)37(32(28)21-23)29-10-4-1-7-25(29)26-8-2-5-11-30(26)37/h1-21H. The molecule has 0 saturated heterocycles. The van der Waals surface area contributed by atoms with Gasteiger partial charge >= 0.3 is 0 Å². The van der Waals surface area contributed by atoms with Crippen LogP contribution in [0, 0.1) is 0 Å². The highest BCUT2D eigenvalue weighted by molar-refractivity contribution is 6.30. The van der Waals surface area contributed by atoms with Crippen molar-refractivity contribution < 1.29 is 4.42 Å². The van der Waals surface area contributed by atoms with Crippen LogP contribution in [0.15, 0.2) is 132 Å². The molecular weight excluding hydrogens is 524 g/mol. The molecule has 2 aromatic heterocycles. The van der Waals surface area contributed by atoms with Crippen LogP contribution in [0.3, 0.4) is 0 Å². The quantitative estimate of drug-likeness (QED) is 0.217. The van der Waals surface area contributed by atoms with Crippen molar-refractivity contribution in [1.82, 2.24) is 9.97 Å². The third-order valence-corrected chi connectivity index (χ3v) is 8.89. The lowest BCUT2D eigenvalue weighted by molar-refractivity contribution is 0.608. The number of fused-ring (bicyclic) bond motifs is 11. The van der Waals surface area contributed by atoms with E-state index in [0.717, 1.165) is 22.3 Å². The molecule has 4 heteroatoms. The van der Waals surface area contributed by atoms with Gasteiger partial charge in [-0.25, -0.2) is 9.97 Å². The van der Waals surface area contributed by atoms with E-state index >= 15 is 0 Å². The van der Waals surface area contributed by atoms with Crippen LogP contribution in [0.2, 0.25) is 5.02 Å². The zero-order chi connectivity index (χ0) is 27.1. The summed E-state index contributed by atoms with van der Waals surface area (Å²) in [5, 5.41) is 0.675. The minimum Gasteiger partial charge on any atom is -0.418 e. The van der Waals surface area contributed by atoms with E-state index in [4.69, 9.17) is 21.0 Å². The second kappa shape index (κ2) is 8.26. The Morgan fingerprint density at radius 3 is 1.71 bits per heavy atom. The van der Waals surface area contributed by atoms with Gasteiger partial charge in [0.25, 0.3) is 0 Å². The first-order valence-corrected chi connectivity index (χ1v) is 14.1. The van der Waals surface area contributed by atoms with Crippen LogP contribution < -0.4 is 0 Å². The molecule has 7 aromatic rings. The summed E-state index contributed by atoms with van der Waals surface area (Å²) in [6, 6.07) is 44.8. The van der Waals surface area contributed by atoms with E-state index in [2.05, 4.69) is 96.0 Å². The van der Waals surface area contributed by atoms with Crippen LogP contribution in [-0.2, 0) is 5.41 Å². The van der Waals surface area contributed by atoms with Gasteiger partial charge in [-0.3, -0.25) is 0 Å². The number of nitrogens with zero attached hydrogens (tertiary/aromatic N) is 2. The van der Waals surface area contributed by atoms with Gasteiger partial charge in [0.05, 0.1) is 11.1 Å². The van der Waals surface area contributed by atoms with Gasteiger partial charge in [0.15, 0.2) is 0 Å². The number of benzene rings is 5. The third-order valence-electron chi connectivity index (χ3n) is 8.64. The average Bonchev–Trinajstić information content (AvgIpc) is 3.68. The highest BCUT2D eigenvalue weighted by Gasteiger charge is 2.51. The minimum absolute atomic E-state index is 0.382. The van der Waals surface area contributed by atoms with E-state index in [0.29, 0.717) is 16.6 Å². The van der Waals surface area contributed by atoms with E-state index in [-0.39, 0.29) is 5.41 Å². The van der Waals surface area contributed by atoms with E-state index in [9.17, 15) is 0 Å². The van der Waals surface area contributed by atoms with Crippen molar-refractivity contribution in [2.24, 2.45) is 0 Å². The fourth-order valence-corrected chi connectivity index (χ4v) is 7.07. The Hall–Kier alpha value is -4.99. The van der Waals surface area contributed by atoms with Gasteiger partial charge in [-0.2, -0.15) is 0 Å². The second-order valence-electron chi connectivity index (χ2n) is 10.7. The Morgan fingerprint density at radius 2 is 1.07 bits per heavy atom. The SMILES string of the molecule is Clc1ccc(-c2nc3ccc(-c4ccc5c(c4)C4(c6ccccc6-c6ccccc64)c4ccccc4-5)nc3o2)cc1. The van der Waals surface area contributed by atoms with Gasteiger partial charge in [0, 0.05) is 16.1 Å². The van der Waals surface area contributed by atoms with Crippen LogP contribution in [0.4, 0.5) is 0 Å². The number of hydrogen-bond acceptors (Lipinski definition) is 3. The Bertz CT molecular complexity index is 2110. The van der Waals surface area contributed by atoms with Gasteiger partial charge < -0.3 is 4.42 Å². The van der Waals surface area contributed by atoms with Gasteiger partial charge in [-0.15, -0.1) is 0 Å². The zero-order valence-electron chi connectivity index (χ0n) is 21.8. The second-order valence-corrected chi connectivity index (χ2v) is 11.1. The number of oxazole rings is 1. The molecule has 9 rings (SSSR count). The maximum atomic E-state index is 6.12. The lowest BCUT2D eigenvalue weighted by Gasteiger charge is -2.30. The molecule has 0 bridgehead atoms. The summed E-state index contributed by atoms with van der Waals surface area (Å²) in [5.41, 5.74) is 14.0. The third kappa shape index (κ3) is 3.04. The van der Waals surface area contributed by atoms with E-state index in [1.54, 1.807) is 0 Å². The first-order chi connectivity index (χ1) is 20.2. The van der Waals surface area contributed by atoms with Crippen molar-refractivity contribution >= 4 is 22.8 Å². The molecule has 2 heterocycles. The lowest BCUT2D eigenvalue weighted by atomic mass is 9.70. The van der Waals surface area contributed by atoms with Gasteiger partial charge in [-0.05, 0) is 87.0 Å². The monoisotopic (exact) mass is 544 g/mol. The van der Waals surface area contributed by atoms with Crippen molar-refractivity contribution in [3.8, 4) is 45.0 Å². The van der Waals surface area contributed by atoms with Gasteiger partial charge in [0.2, 0.25) is 11.6 Å². The van der Waals surface area contributed by atoms with Crippen LogP contribution in [0.25, 0.3) is 56.2 Å². The molecule has 0 aliphatic heterocycles. The Kier molecular flexibility index (Phi) is 4.59. The Morgan fingerprint density at radius 1 is 0.512 bits per heavy atom. The lowest BCUT2D eigenvalue weighted by Crippen LogP contribution is -2.25. The van der Waals surface area contributed by atoms with Crippen molar-refractivity contribution in [2.45, 2.75) is 5.41 Å². The zero-order valence-corrected chi connectivity index (χ0v) is 22.6. The Balaban J connectivity index is 1.26. The van der Waals surface area contributed by atoms with Crippen LogP contribution >= 0.6 is 11.6 Å². The number of pyridine rings is 1. The summed E-state index contributed by atoms with van der Waals surface area (Å²) in [7, 11) is 0. The predicted octanol–water partition coefficient (Wildman–Crippen LogP) is 9.55. The normalized spacial score (nSPS) is 13.7. The predicted molar refractivity (Wildman–Crippen MR) is 164 cm³/mol. The summed E-state index contributed by atoms with van der Waals surface area (Å²) < 4.78 is 6.12. The maximum Gasteiger partial charge on any atom is 0.247 e. The summed E-state index contributed by atoms with van der Waals surface area (Å²) in [6.07, 6.45) is 0. The molecule has 0 fully saturated rings. The first kappa shape index (κ1) is 22.8. The number of hydrogen-bond donors (Lipinski definition) is 0. The molecule has 0 N–H and O–H groups in total. The average molecular weight is 545 g/mol. The molecule has 192 valence electrons. The van der Waals surface area contributed by atoms with E-state index < -0.39 is 0 Å². The molecule has 0 saturated carbocycles. The number of rotatable bonds is 2. The summed E-state index contributed by atoms with van der Waals surface area (Å²) >= 11 is 6.07. The summed E-state index contributed by atoms with van der Waals surface area (Å²) in [6.45, 7) is 0. The molecule has 0 atom stereocenters. The van der Waals surface area contributed by atoms with Crippen molar-refractivity contribution in [2.75, 3.05) is 0 Å². The first-order valence-electron chi connectivity index (χ1n) is 13.7. The van der Waals surface area contributed by atoms with E-state index in [1.165, 1.54) is 44.5 Å². The fourth-order valence-electron chi connectivity index (χ4n) is 6.95. The van der Waals surface area contributed by atoms with Gasteiger partial charge in [0.1, 0.15) is 5.52 Å². The summed E-state index contributed by atoms with van der Waals surface area (Å²) in [5.74, 6) is 0.531. The van der Waals surface area contributed by atoms with Crippen molar-refractivity contribution in [3.63, 3.8) is 0 Å². The smallest absolute Gasteiger partial charge is 0.247 e. The molecule has 0 radical (unpaired) electrons. The molecule has 41 heavy (non-hydrogen) atoms. The molecule has 2 aliphatic carbocycles. The fraction of sp³-hybridized carbons (Fsp3) is 0.0270. The molecule has 1 spiro atoms. The minimum atomic E-state index is -0.382. The number of halogens is 1. The largest absolute Gasteiger partial charge is 0.418 e. The highest BCUT2D eigenvalue weighted by Crippen LogP contribution is 2.62. The molecule has 3 nitrogen and oxygen atoms in total. The topological polar surface area (TPSA) is 38.9 Å². The summed E-state index contributed by atoms with van der Waals surface area (Å²) in [4.78, 5) is 9.60. The molecule has 2 aliphatic rings. The van der Waals surface area contributed by atoms with E-state index in [1.807, 2.05) is 36.4 Å². The molecule has 0 unspecified atom stereocenters. The van der Waals surface area contributed by atoms with Crippen LogP contribution in [0.5, 0.6) is 0 Å². The van der Waals surface area contributed by atoms with Crippen molar-refractivity contribution in [1.29, 1.82) is 0 Å². The maximum absolute atomic E-state index is 6.12. The highest BCUT2D eigenvalue weighted by atomic mass is 35.5. The Labute approximate surface area is 241 Å².